The Hall–Kier alpha value is -1.55. The van der Waals surface area contributed by atoms with E-state index in [0.29, 0.717) is 18.0 Å². The third kappa shape index (κ3) is 5.87. The Bertz CT molecular complexity index is 602. The summed E-state index contributed by atoms with van der Waals surface area (Å²) in [6.45, 7) is 2.17. The molecule has 3 nitrogen and oxygen atoms in total. The molecule has 0 bridgehead atoms. The topological polar surface area (TPSA) is 55.1 Å². The summed E-state index contributed by atoms with van der Waals surface area (Å²) in [5.74, 6) is -0.221. The van der Waals surface area contributed by atoms with E-state index in [-0.39, 0.29) is 30.3 Å². The van der Waals surface area contributed by atoms with E-state index in [2.05, 4.69) is 5.32 Å². The van der Waals surface area contributed by atoms with Gasteiger partial charge in [-0.2, -0.15) is 0 Å². The van der Waals surface area contributed by atoms with Crippen LogP contribution in [0.5, 0.6) is 0 Å². The smallest absolute Gasteiger partial charge is 0.224 e. The van der Waals surface area contributed by atoms with E-state index in [1.165, 1.54) is 0 Å². The molecule has 2 rings (SSSR count). The SMILES string of the molecule is CC(CN)C(=O)NC(Cc1ccc(Cl)cc1)c1ccccc1.Cl. The molecule has 124 valence electrons. The van der Waals surface area contributed by atoms with Crippen LogP contribution in [0.2, 0.25) is 5.02 Å². The molecule has 0 saturated carbocycles. The number of hydrogen-bond donors (Lipinski definition) is 2. The molecule has 0 heterocycles. The van der Waals surface area contributed by atoms with Crippen LogP contribution in [0.3, 0.4) is 0 Å². The van der Waals surface area contributed by atoms with Gasteiger partial charge in [-0.1, -0.05) is 61.0 Å². The third-order valence-corrected chi connectivity index (χ3v) is 3.92. The molecule has 0 radical (unpaired) electrons. The van der Waals surface area contributed by atoms with E-state index in [9.17, 15) is 4.79 Å². The molecular weight excluding hydrogens is 331 g/mol. The van der Waals surface area contributed by atoms with Crippen LogP contribution >= 0.6 is 24.0 Å². The summed E-state index contributed by atoms with van der Waals surface area (Å²) >= 11 is 5.93. The minimum Gasteiger partial charge on any atom is -0.349 e. The van der Waals surface area contributed by atoms with Crippen molar-refractivity contribution < 1.29 is 4.79 Å². The van der Waals surface area contributed by atoms with Gasteiger partial charge in [0.15, 0.2) is 0 Å². The van der Waals surface area contributed by atoms with Gasteiger partial charge >= 0.3 is 0 Å². The highest BCUT2D eigenvalue weighted by Crippen LogP contribution is 2.20. The maximum absolute atomic E-state index is 12.2. The molecule has 3 N–H and O–H groups in total. The van der Waals surface area contributed by atoms with Crippen LogP contribution in [-0.2, 0) is 11.2 Å². The second-order valence-corrected chi connectivity index (χ2v) is 5.88. The zero-order chi connectivity index (χ0) is 15.9. The maximum atomic E-state index is 12.2. The predicted octanol–water partition coefficient (Wildman–Crippen LogP) is 3.76. The number of carbonyl (C=O) groups is 1. The molecule has 0 spiro atoms. The van der Waals surface area contributed by atoms with Gasteiger partial charge in [0, 0.05) is 17.5 Å². The Morgan fingerprint density at radius 3 is 2.30 bits per heavy atom. The van der Waals surface area contributed by atoms with Crippen LogP contribution in [0.15, 0.2) is 54.6 Å². The highest BCUT2D eigenvalue weighted by molar-refractivity contribution is 6.30. The van der Waals surface area contributed by atoms with Crippen LogP contribution in [0, 0.1) is 5.92 Å². The molecule has 0 aliphatic heterocycles. The van der Waals surface area contributed by atoms with Gasteiger partial charge in [0.25, 0.3) is 0 Å². The molecule has 1 amide bonds. The van der Waals surface area contributed by atoms with E-state index in [1.54, 1.807) is 0 Å². The number of amides is 1. The second-order valence-electron chi connectivity index (χ2n) is 5.44. The van der Waals surface area contributed by atoms with E-state index in [0.717, 1.165) is 11.1 Å². The minimum atomic E-state index is -0.198. The number of carbonyl (C=O) groups excluding carboxylic acids is 1. The Labute approximate surface area is 148 Å². The molecule has 2 atom stereocenters. The van der Waals surface area contributed by atoms with Crippen LogP contribution in [0.4, 0.5) is 0 Å². The average molecular weight is 353 g/mol. The van der Waals surface area contributed by atoms with E-state index >= 15 is 0 Å². The highest BCUT2D eigenvalue weighted by atomic mass is 35.5. The summed E-state index contributed by atoms with van der Waals surface area (Å²) in [5.41, 5.74) is 7.78. The number of benzene rings is 2. The first-order valence-corrected chi connectivity index (χ1v) is 7.77. The van der Waals surface area contributed by atoms with Gasteiger partial charge in [-0.25, -0.2) is 0 Å². The summed E-state index contributed by atoms with van der Waals surface area (Å²) < 4.78 is 0. The van der Waals surface area contributed by atoms with Gasteiger partial charge < -0.3 is 11.1 Å². The average Bonchev–Trinajstić information content (AvgIpc) is 2.56. The number of nitrogens with one attached hydrogen (secondary N) is 1. The molecular formula is C18H22Cl2N2O. The molecule has 23 heavy (non-hydrogen) atoms. The van der Waals surface area contributed by atoms with Crippen molar-refractivity contribution >= 4 is 29.9 Å². The molecule has 2 unspecified atom stereocenters. The van der Waals surface area contributed by atoms with E-state index in [4.69, 9.17) is 17.3 Å². The van der Waals surface area contributed by atoms with E-state index in [1.807, 2.05) is 61.5 Å². The zero-order valence-electron chi connectivity index (χ0n) is 13.0. The maximum Gasteiger partial charge on any atom is 0.224 e. The van der Waals surface area contributed by atoms with E-state index < -0.39 is 0 Å². The van der Waals surface area contributed by atoms with Crippen molar-refractivity contribution in [2.45, 2.75) is 19.4 Å². The standard InChI is InChI=1S/C18H21ClN2O.ClH/c1-13(12-20)18(22)21-17(15-5-3-2-4-6-15)11-14-7-9-16(19)10-8-14;/h2-10,13,17H,11-12,20H2,1H3,(H,21,22);1H. The number of halogens is 2. The Balaban J connectivity index is 0.00000264. The van der Waals surface area contributed by atoms with Crippen molar-refractivity contribution in [3.05, 3.63) is 70.7 Å². The van der Waals surface area contributed by atoms with Crippen molar-refractivity contribution in [2.75, 3.05) is 6.54 Å². The fourth-order valence-corrected chi connectivity index (χ4v) is 2.34. The first-order valence-electron chi connectivity index (χ1n) is 7.40. The van der Waals surface area contributed by atoms with Crippen LogP contribution in [0.25, 0.3) is 0 Å². The largest absolute Gasteiger partial charge is 0.349 e. The first-order chi connectivity index (χ1) is 10.6. The number of nitrogens with two attached hydrogens (primary N) is 1. The van der Waals surface area contributed by atoms with Gasteiger partial charge in [0.2, 0.25) is 5.91 Å². The number of rotatable bonds is 6. The van der Waals surface area contributed by atoms with Gasteiger partial charge in [-0.3, -0.25) is 4.79 Å². The van der Waals surface area contributed by atoms with Crippen molar-refractivity contribution in [3.8, 4) is 0 Å². The first kappa shape index (κ1) is 19.5. The van der Waals surface area contributed by atoms with Crippen molar-refractivity contribution in [1.29, 1.82) is 0 Å². The molecule has 0 aliphatic rings. The lowest BCUT2D eigenvalue weighted by Crippen LogP contribution is -2.36. The third-order valence-electron chi connectivity index (χ3n) is 3.67. The van der Waals surface area contributed by atoms with Gasteiger partial charge in [-0.15, -0.1) is 12.4 Å². The lowest BCUT2D eigenvalue weighted by Gasteiger charge is -2.21. The minimum absolute atomic E-state index is 0. The fourth-order valence-electron chi connectivity index (χ4n) is 2.21. The lowest BCUT2D eigenvalue weighted by atomic mass is 9.98. The van der Waals surface area contributed by atoms with Gasteiger partial charge in [-0.05, 0) is 29.7 Å². The molecule has 2 aromatic rings. The van der Waals surface area contributed by atoms with Crippen molar-refractivity contribution in [1.82, 2.24) is 5.32 Å². The number of hydrogen-bond acceptors (Lipinski definition) is 2. The monoisotopic (exact) mass is 352 g/mol. The molecule has 0 aliphatic carbocycles. The molecule has 0 fully saturated rings. The summed E-state index contributed by atoms with van der Waals surface area (Å²) in [4.78, 5) is 12.2. The van der Waals surface area contributed by atoms with Crippen molar-refractivity contribution in [3.63, 3.8) is 0 Å². The van der Waals surface area contributed by atoms with Gasteiger partial charge in [0.1, 0.15) is 0 Å². The molecule has 0 aromatic heterocycles. The molecule has 2 aromatic carbocycles. The summed E-state index contributed by atoms with van der Waals surface area (Å²) in [6.07, 6.45) is 0.713. The molecule has 5 heteroatoms. The van der Waals surface area contributed by atoms with Crippen molar-refractivity contribution in [2.24, 2.45) is 11.7 Å². The summed E-state index contributed by atoms with van der Waals surface area (Å²) in [7, 11) is 0. The summed E-state index contributed by atoms with van der Waals surface area (Å²) in [5, 5.41) is 3.80. The quantitative estimate of drug-likeness (QED) is 0.831. The molecule has 0 saturated heterocycles. The second kappa shape index (κ2) is 9.56. The predicted molar refractivity (Wildman–Crippen MR) is 97.9 cm³/mol. The highest BCUT2D eigenvalue weighted by Gasteiger charge is 2.18. The normalized spacial score (nSPS) is 12.8. The van der Waals surface area contributed by atoms with Crippen LogP contribution < -0.4 is 11.1 Å². The Kier molecular flexibility index (Phi) is 8.10. The zero-order valence-corrected chi connectivity index (χ0v) is 14.6. The Morgan fingerprint density at radius 1 is 1.13 bits per heavy atom. The Morgan fingerprint density at radius 2 is 1.74 bits per heavy atom. The van der Waals surface area contributed by atoms with Crippen LogP contribution in [0.1, 0.15) is 24.1 Å². The summed E-state index contributed by atoms with van der Waals surface area (Å²) in [6, 6.07) is 17.6. The van der Waals surface area contributed by atoms with Crippen LogP contribution in [-0.4, -0.2) is 12.5 Å². The lowest BCUT2D eigenvalue weighted by molar-refractivity contribution is -0.125. The fraction of sp³-hybridized carbons (Fsp3) is 0.278. The van der Waals surface area contributed by atoms with Gasteiger partial charge in [0.05, 0.1) is 6.04 Å².